The van der Waals surface area contributed by atoms with Crippen molar-refractivity contribution in [3.63, 3.8) is 0 Å². The lowest BCUT2D eigenvalue weighted by molar-refractivity contribution is 0.00164. The third-order valence-corrected chi connectivity index (χ3v) is 6.54. The van der Waals surface area contributed by atoms with Gasteiger partial charge in [0, 0.05) is 29.6 Å². The van der Waals surface area contributed by atoms with Crippen LogP contribution in [0.15, 0.2) is 0 Å². The average molecular weight is 277 g/mol. The van der Waals surface area contributed by atoms with Gasteiger partial charge in [-0.25, -0.2) is 0 Å². The van der Waals surface area contributed by atoms with Crippen molar-refractivity contribution in [3.8, 4) is 0 Å². The van der Waals surface area contributed by atoms with Crippen LogP contribution in [0, 0.1) is 5.41 Å². The molecular weight excluding hydrogens is 248 g/mol. The normalized spacial score (nSPS) is 30.5. The highest BCUT2D eigenvalue weighted by Crippen LogP contribution is 2.45. The molecule has 2 unspecified atom stereocenters. The van der Waals surface area contributed by atoms with Crippen molar-refractivity contribution in [2.75, 3.05) is 37.1 Å². The lowest BCUT2D eigenvalue weighted by Crippen LogP contribution is -2.66. The van der Waals surface area contributed by atoms with E-state index in [9.17, 15) is 0 Å². The smallest absolute Gasteiger partial charge is 0.0473 e. The first-order valence-electron chi connectivity index (χ1n) is 6.41. The van der Waals surface area contributed by atoms with E-state index in [-0.39, 0.29) is 5.54 Å². The summed E-state index contributed by atoms with van der Waals surface area (Å²) in [4.78, 5) is 2.55. The largest absolute Gasteiger partial charge is 0.329 e. The van der Waals surface area contributed by atoms with Crippen molar-refractivity contribution >= 4 is 23.5 Å². The zero-order chi connectivity index (χ0) is 13.1. The molecule has 2 N–H and O–H groups in total. The maximum absolute atomic E-state index is 6.19. The van der Waals surface area contributed by atoms with Gasteiger partial charge in [0.2, 0.25) is 0 Å². The molecule has 0 aromatic heterocycles. The summed E-state index contributed by atoms with van der Waals surface area (Å²) in [6.07, 6.45) is 3.45. The van der Waals surface area contributed by atoms with E-state index < -0.39 is 0 Å². The Labute approximate surface area is 115 Å². The first-order valence-corrected chi connectivity index (χ1v) is 8.96. The zero-order valence-corrected chi connectivity index (χ0v) is 13.6. The van der Waals surface area contributed by atoms with E-state index >= 15 is 0 Å². The third kappa shape index (κ3) is 2.96. The molecule has 1 heterocycles. The molecule has 1 saturated heterocycles. The van der Waals surface area contributed by atoms with Crippen molar-refractivity contribution in [2.24, 2.45) is 11.1 Å². The van der Waals surface area contributed by atoms with Crippen LogP contribution < -0.4 is 5.73 Å². The molecule has 0 bridgehead atoms. The first-order chi connectivity index (χ1) is 7.91. The molecule has 0 spiro atoms. The minimum absolute atomic E-state index is 0.158. The summed E-state index contributed by atoms with van der Waals surface area (Å²) < 4.78 is 0. The Morgan fingerprint density at radius 3 is 2.59 bits per heavy atom. The molecule has 0 aromatic rings. The number of nitrogens with zero attached hydrogens (tertiary/aromatic N) is 1. The number of hydrogen-bond acceptors (Lipinski definition) is 4. The first kappa shape index (κ1) is 15.7. The maximum Gasteiger partial charge on any atom is 0.0473 e. The van der Waals surface area contributed by atoms with E-state index in [1.807, 2.05) is 11.8 Å². The lowest BCUT2D eigenvalue weighted by Gasteiger charge is -2.56. The van der Waals surface area contributed by atoms with Crippen LogP contribution in [0.5, 0.6) is 0 Å². The molecule has 0 radical (unpaired) electrons. The fraction of sp³-hybridized carbons (Fsp3) is 1.00. The topological polar surface area (TPSA) is 29.3 Å². The molecule has 0 saturated carbocycles. The Balaban J connectivity index is 2.92. The van der Waals surface area contributed by atoms with Gasteiger partial charge in [0.05, 0.1) is 0 Å². The van der Waals surface area contributed by atoms with Gasteiger partial charge in [0.25, 0.3) is 0 Å². The van der Waals surface area contributed by atoms with Gasteiger partial charge in [-0.3, -0.25) is 4.90 Å². The van der Waals surface area contributed by atoms with E-state index in [0.717, 1.165) is 6.54 Å². The number of rotatable bonds is 5. The quantitative estimate of drug-likeness (QED) is 0.835. The van der Waals surface area contributed by atoms with Crippen molar-refractivity contribution < 1.29 is 0 Å². The highest BCUT2D eigenvalue weighted by molar-refractivity contribution is 7.99. The van der Waals surface area contributed by atoms with Crippen LogP contribution in [0.25, 0.3) is 0 Å². The number of nitrogens with two attached hydrogens (primary N) is 1. The van der Waals surface area contributed by atoms with E-state index in [1.165, 1.54) is 23.7 Å². The standard InChI is InChI=1S/C13H28N2S2/c1-11(8-16-5)15(4)13(9-14)10-17-7-6-12(13,2)3/h11H,6-10,14H2,1-5H3. The van der Waals surface area contributed by atoms with E-state index in [2.05, 4.69) is 50.7 Å². The zero-order valence-electron chi connectivity index (χ0n) is 12.0. The molecule has 4 heteroatoms. The fourth-order valence-corrected chi connectivity index (χ4v) is 5.38. The Morgan fingerprint density at radius 1 is 1.47 bits per heavy atom. The minimum atomic E-state index is 0.158. The summed E-state index contributed by atoms with van der Waals surface area (Å²) >= 11 is 3.99. The molecule has 17 heavy (non-hydrogen) atoms. The second kappa shape index (κ2) is 6.18. The maximum atomic E-state index is 6.19. The molecule has 1 aliphatic heterocycles. The monoisotopic (exact) mass is 276 g/mol. The van der Waals surface area contributed by atoms with Crippen LogP contribution in [-0.4, -0.2) is 53.6 Å². The molecule has 1 rings (SSSR count). The van der Waals surface area contributed by atoms with Gasteiger partial charge in [-0.15, -0.1) is 0 Å². The van der Waals surface area contributed by atoms with E-state index in [0.29, 0.717) is 11.5 Å². The molecular formula is C13H28N2S2. The Morgan fingerprint density at radius 2 is 2.12 bits per heavy atom. The van der Waals surface area contributed by atoms with Gasteiger partial charge in [0.15, 0.2) is 0 Å². The second-order valence-corrected chi connectivity index (χ2v) is 7.85. The highest BCUT2D eigenvalue weighted by atomic mass is 32.2. The van der Waals surface area contributed by atoms with Crippen molar-refractivity contribution in [1.82, 2.24) is 4.90 Å². The van der Waals surface area contributed by atoms with E-state index in [1.54, 1.807) is 0 Å². The van der Waals surface area contributed by atoms with Crippen molar-refractivity contribution in [2.45, 2.75) is 38.8 Å². The number of hydrogen-bond donors (Lipinski definition) is 1. The molecule has 2 atom stereocenters. The van der Waals surface area contributed by atoms with Crippen LogP contribution >= 0.6 is 23.5 Å². The van der Waals surface area contributed by atoms with Crippen molar-refractivity contribution in [3.05, 3.63) is 0 Å². The predicted octanol–water partition coefficient (Wildman–Crippen LogP) is 2.53. The molecule has 0 aromatic carbocycles. The Kier molecular flexibility index (Phi) is 5.70. The Bertz CT molecular complexity index is 246. The van der Waals surface area contributed by atoms with Crippen LogP contribution in [0.1, 0.15) is 27.2 Å². The molecule has 0 aliphatic carbocycles. The fourth-order valence-electron chi connectivity index (χ4n) is 2.83. The minimum Gasteiger partial charge on any atom is -0.329 e. The lowest BCUT2D eigenvalue weighted by atomic mass is 9.69. The van der Waals surface area contributed by atoms with Gasteiger partial charge in [0.1, 0.15) is 0 Å². The van der Waals surface area contributed by atoms with Crippen LogP contribution in [0.4, 0.5) is 0 Å². The highest BCUT2D eigenvalue weighted by Gasteiger charge is 2.49. The summed E-state index contributed by atoms with van der Waals surface area (Å²) in [5.74, 6) is 3.63. The van der Waals surface area contributed by atoms with Gasteiger partial charge in [-0.1, -0.05) is 13.8 Å². The van der Waals surface area contributed by atoms with Crippen LogP contribution in [0.2, 0.25) is 0 Å². The van der Waals surface area contributed by atoms with Crippen LogP contribution in [-0.2, 0) is 0 Å². The summed E-state index contributed by atoms with van der Waals surface area (Å²) in [5.41, 5.74) is 6.66. The summed E-state index contributed by atoms with van der Waals surface area (Å²) in [5, 5.41) is 0. The summed E-state index contributed by atoms with van der Waals surface area (Å²) in [6, 6.07) is 0.589. The molecule has 102 valence electrons. The SMILES string of the molecule is CSCC(C)N(C)C1(CN)CSCCC1(C)C. The van der Waals surface area contributed by atoms with Gasteiger partial charge < -0.3 is 5.73 Å². The van der Waals surface area contributed by atoms with Crippen LogP contribution in [0.3, 0.4) is 0 Å². The summed E-state index contributed by atoms with van der Waals surface area (Å²) in [6.45, 7) is 7.87. The molecule has 1 fully saturated rings. The average Bonchev–Trinajstić information content (AvgIpc) is 2.28. The third-order valence-electron chi connectivity index (χ3n) is 4.55. The molecule has 0 amide bonds. The van der Waals surface area contributed by atoms with Crippen molar-refractivity contribution in [1.29, 1.82) is 0 Å². The van der Waals surface area contributed by atoms with Gasteiger partial charge in [-0.2, -0.15) is 23.5 Å². The van der Waals surface area contributed by atoms with Gasteiger partial charge >= 0.3 is 0 Å². The Hall–Kier alpha value is 0.620. The molecule has 2 nitrogen and oxygen atoms in total. The number of likely N-dealkylation sites (N-methyl/N-ethyl adjacent to an activating group) is 1. The predicted molar refractivity (Wildman–Crippen MR) is 83.1 cm³/mol. The van der Waals surface area contributed by atoms with Gasteiger partial charge in [-0.05, 0) is 37.8 Å². The second-order valence-electron chi connectivity index (χ2n) is 5.84. The molecule has 1 aliphatic rings. The summed E-state index contributed by atoms with van der Waals surface area (Å²) in [7, 11) is 2.27. The van der Waals surface area contributed by atoms with E-state index in [4.69, 9.17) is 5.73 Å². The number of thioether (sulfide) groups is 2.